The van der Waals surface area contributed by atoms with Gasteiger partial charge in [0.25, 0.3) is 0 Å². The predicted octanol–water partition coefficient (Wildman–Crippen LogP) is -0.216. The van der Waals surface area contributed by atoms with Gasteiger partial charge in [0.2, 0.25) is 0 Å². The fourth-order valence-electron chi connectivity index (χ4n) is 0.847. The molecule has 0 bridgehead atoms. The van der Waals surface area contributed by atoms with Crippen molar-refractivity contribution in [2.45, 2.75) is 25.6 Å². The molecule has 5 heteroatoms. The van der Waals surface area contributed by atoms with Crippen LogP contribution in [0.2, 0.25) is 0 Å². The summed E-state index contributed by atoms with van der Waals surface area (Å²) < 4.78 is 0. The molecule has 5 nitrogen and oxygen atoms in total. The van der Waals surface area contributed by atoms with Gasteiger partial charge in [-0.1, -0.05) is 17.7 Å². The van der Waals surface area contributed by atoms with Crippen LogP contribution >= 0.6 is 0 Å². The Bertz CT molecular complexity index is 286. The number of aryl methyl sites for hydroxylation is 1. The second kappa shape index (κ2) is 7.24. The van der Waals surface area contributed by atoms with Gasteiger partial charge in [-0.3, -0.25) is 0 Å². The van der Waals surface area contributed by atoms with E-state index in [4.69, 9.17) is 25.5 Å². The Morgan fingerprint density at radius 1 is 1.18 bits per heavy atom. The first-order valence-electron chi connectivity index (χ1n) is 5.21. The van der Waals surface area contributed by atoms with E-state index < -0.39 is 24.9 Å². The van der Waals surface area contributed by atoms with Crippen LogP contribution in [-0.2, 0) is 0 Å². The largest absolute Gasteiger partial charge is 0.508 e. The highest BCUT2D eigenvalue weighted by atomic mass is 16.4. The van der Waals surface area contributed by atoms with Crippen LogP contribution in [-0.4, -0.2) is 50.5 Å². The summed E-state index contributed by atoms with van der Waals surface area (Å²) in [5.41, 5.74) is -0.419. The van der Waals surface area contributed by atoms with Crippen molar-refractivity contribution in [1.82, 2.24) is 0 Å². The van der Waals surface area contributed by atoms with E-state index in [1.807, 2.05) is 19.1 Å². The number of aliphatic hydroxyl groups is 4. The Balaban J connectivity index is 0.000000302. The summed E-state index contributed by atoms with van der Waals surface area (Å²) in [6.45, 7) is 2.12. The Morgan fingerprint density at radius 2 is 1.65 bits per heavy atom. The van der Waals surface area contributed by atoms with Crippen LogP contribution in [0.1, 0.15) is 12.5 Å². The predicted molar refractivity (Wildman–Crippen MR) is 63.6 cm³/mol. The van der Waals surface area contributed by atoms with Gasteiger partial charge in [0.1, 0.15) is 17.5 Å². The van der Waals surface area contributed by atoms with Crippen LogP contribution < -0.4 is 0 Å². The van der Waals surface area contributed by atoms with Crippen molar-refractivity contribution in [3.05, 3.63) is 29.8 Å². The van der Waals surface area contributed by atoms with Crippen molar-refractivity contribution < 1.29 is 25.5 Å². The third-order valence-electron chi connectivity index (χ3n) is 2.24. The first-order valence-corrected chi connectivity index (χ1v) is 5.21. The first-order chi connectivity index (χ1) is 7.83. The molecule has 0 aliphatic rings. The number of phenols is 1. The molecule has 0 spiro atoms. The topological polar surface area (TPSA) is 101 Å². The van der Waals surface area contributed by atoms with Gasteiger partial charge < -0.3 is 25.5 Å². The van der Waals surface area contributed by atoms with E-state index in [1.54, 1.807) is 12.1 Å². The summed E-state index contributed by atoms with van der Waals surface area (Å²) >= 11 is 0. The van der Waals surface area contributed by atoms with E-state index in [0.717, 1.165) is 0 Å². The number of aromatic hydroxyl groups is 1. The number of aliphatic hydroxyl groups excluding tert-OH is 3. The Kier molecular flexibility index (Phi) is 6.75. The molecule has 0 heterocycles. The minimum Gasteiger partial charge on any atom is -0.508 e. The van der Waals surface area contributed by atoms with Gasteiger partial charge in [0, 0.05) is 0 Å². The van der Waals surface area contributed by atoms with E-state index >= 15 is 0 Å². The molecule has 0 fully saturated rings. The quantitative estimate of drug-likeness (QED) is 0.506. The van der Waals surface area contributed by atoms with Gasteiger partial charge in [0.05, 0.1) is 13.2 Å². The number of phenolic OH excluding ortho intramolecular Hbond substituents is 1. The van der Waals surface area contributed by atoms with Crippen molar-refractivity contribution >= 4 is 0 Å². The molecule has 0 unspecified atom stereocenters. The lowest BCUT2D eigenvalue weighted by Gasteiger charge is -2.24. The van der Waals surface area contributed by atoms with E-state index in [-0.39, 0.29) is 0 Å². The Morgan fingerprint density at radius 3 is 1.88 bits per heavy atom. The van der Waals surface area contributed by atoms with Crippen molar-refractivity contribution in [2.75, 3.05) is 13.2 Å². The van der Waals surface area contributed by atoms with Crippen molar-refractivity contribution in [3.8, 4) is 5.75 Å². The highest BCUT2D eigenvalue weighted by Gasteiger charge is 2.28. The fraction of sp³-hybridized carbons (Fsp3) is 0.500. The molecular weight excluding hydrogens is 224 g/mol. The third-order valence-corrected chi connectivity index (χ3v) is 2.24. The number of hydrogen-bond donors (Lipinski definition) is 5. The highest BCUT2D eigenvalue weighted by molar-refractivity contribution is 5.24. The molecule has 0 aliphatic carbocycles. The SMILES string of the molecule is C[C@](O)(CO)[C@H](O)CO.Cc1ccc(O)cc1. The molecule has 0 saturated heterocycles. The maximum Gasteiger partial charge on any atom is 0.115 e. The first kappa shape index (κ1) is 15.9. The van der Waals surface area contributed by atoms with Crippen LogP contribution in [0.5, 0.6) is 5.75 Å². The van der Waals surface area contributed by atoms with Gasteiger partial charge in [-0.2, -0.15) is 0 Å². The minimum atomic E-state index is -1.59. The monoisotopic (exact) mass is 244 g/mol. The molecule has 0 radical (unpaired) electrons. The fourth-order valence-corrected chi connectivity index (χ4v) is 0.847. The molecule has 0 aliphatic heterocycles. The van der Waals surface area contributed by atoms with E-state index in [9.17, 15) is 0 Å². The van der Waals surface area contributed by atoms with Gasteiger partial charge in [-0.05, 0) is 26.0 Å². The second-order valence-corrected chi connectivity index (χ2v) is 4.05. The summed E-state index contributed by atoms with van der Waals surface area (Å²) in [5.74, 6) is 0.329. The lowest BCUT2D eigenvalue weighted by atomic mass is 10.0. The molecular formula is C12H20O5. The van der Waals surface area contributed by atoms with Crippen molar-refractivity contribution in [2.24, 2.45) is 0 Å². The summed E-state index contributed by atoms with van der Waals surface area (Å²) in [4.78, 5) is 0. The standard InChI is InChI=1S/C7H8O.C5H12O4/c1-6-2-4-7(8)5-3-6;1-5(9,3-7)4(8)2-6/h2-5,8H,1H3;4,6-9H,2-3H2,1H3/t;4-,5+/m.1/s1. The zero-order chi connectivity index (χ0) is 13.5. The molecule has 17 heavy (non-hydrogen) atoms. The highest BCUT2D eigenvalue weighted by Crippen LogP contribution is 2.07. The molecule has 5 N–H and O–H groups in total. The van der Waals surface area contributed by atoms with E-state index in [2.05, 4.69) is 0 Å². The van der Waals surface area contributed by atoms with Crippen LogP contribution in [0.3, 0.4) is 0 Å². The molecule has 98 valence electrons. The smallest absolute Gasteiger partial charge is 0.115 e. The zero-order valence-electron chi connectivity index (χ0n) is 10.0. The molecule has 0 saturated carbocycles. The van der Waals surface area contributed by atoms with Gasteiger partial charge in [-0.25, -0.2) is 0 Å². The maximum absolute atomic E-state index is 8.93. The van der Waals surface area contributed by atoms with Crippen molar-refractivity contribution in [3.63, 3.8) is 0 Å². The van der Waals surface area contributed by atoms with Crippen LogP contribution in [0.15, 0.2) is 24.3 Å². The number of benzene rings is 1. The lowest BCUT2D eigenvalue weighted by Crippen LogP contribution is -2.44. The van der Waals surface area contributed by atoms with Gasteiger partial charge in [-0.15, -0.1) is 0 Å². The molecule has 1 aromatic carbocycles. The Hall–Kier alpha value is -1.14. The summed E-state index contributed by atoms with van der Waals surface area (Å²) in [6, 6.07) is 7.09. The average molecular weight is 244 g/mol. The second-order valence-electron chi connectivity index (χ2n) is 4.05. The molecule has 0 aromatic heterocycles. The Labute approximate surface area is 101 Å². The molecule has 1 aromatic rings. The summed E-state index contributed by atoms with van der Waals surface area (Å²) in [5, 5.41) is 43.1. The van der Waals surface area contributed by atoms with Gasteiger partial charge >= 0.3 is 0 Å². The van der Waals surface area contributed by atoms with Crippen LogP contribution in [0.25, 0.3) is 0 Å². The number of rotatable bonds is 3. The average Bonchev–Trinajstić information content (AvgIpc) is 2.32. The third kappa shape index (κ3) is 6.23. The molecule has 2 atom stereocenters. The van der Waals surface area contributed by atoms with E-state index in [1.165, 1.54) is 12.5 Å². The normalized spacial score (nSPS) is 15.4. The minimum absolute atomic E-state index is 0.329. The summed E-state index contributed by atoms with van der Waals surface area (Å²) in [6.07, 6.45) is -1.28. The summed E-state index contributed by atoms with van der Waals surface area (Å²) in [7, 11) is 0. The molecule has 0 amide bonds. The van der Waals surface area contributed by atoms with Crippen LogP contribution in [0.4, 0.5) is 0 Å². The lowest BCUT2D eigenvalue weighted by molar-refractivity contribution is -0.108. The van der Waals surface area contributed by atoms with Gasteiger partial charge in [0.15, 0.2) is 0 Å². The maximum atomic E-state index is 8.93. The van der Waals surface area contributed by atoms with Crippen LogP contribution in [0, 0.1) is 6.92 Å². The van der Waals surface area contributed by atoms with E-state index in [0.29, 0.717) is 5.75 Å². The number of hydrogen-bond acceptors (Lipinski definition) is 5. The zero-order valence-corrected chi connectivity index (χ0v) is 10.0. The van der Waals surface area contributed by atoms with Crippen molar-refractivity contribution in [1.29, 1.82) is 0 Å². The molecule has 1 rings (SSSR count).